The maximum Gasteiger partial charge on any atom is 0.335 e. The van der Waals surface area contributed by atoms with E-state index in [9.17, 15) is 9.59 Å². The molecule has 1 rings (SSSR count). The van der Waals surface area contributed by atoms with Gasteiger partial charge in [-0.15, -0.1) is 0 Å². The molecule has 0 saturated carbocycles. The molecular formula is C14H24N4O3. The number of aromatic carboxylic acids is 1. The van der Waals surface area contributed by atoms with Crippen molar-refractivity contribution in [3.05, 3.63) is 35.4 Å². The van der Waals surface area contributed by atoms with Crippen LogP contribution in [0, 0.1) is 0 Å². The lowest BCUT2D eigenvalue weighted by Crippen LogP contribution is -2.37. The first-order chi connectivity index (χ1) is 10.1. The van der Waals surface area contributed by atoms with Gasteiger partial charge in [-0.05, 0) is 12.1 Å². The molecule has 1 aromatic rings. The number of aldehydes is 1. The van der Waals surface area contributed by atoms with E-state index in [0.717, 1.165) is 19.6 Å². The molecule has 0 aliphatic heterocycles. The standard InChI is InChI=1S/C8H6O3.C6H18N4/c9-5-6-1-3-7(4-2-6)8(10)11;7-1-4-10(5-2-8)6-3-9/h1-5H,(H,10,11);1-9H2. The van der Waals surface area contributed by atoms with Crippen molar-refractivity contribution in [3.63, 3.8) is 0 Å². The fraction of sp³-hybridized carbons (Fsp3) is 0.429. The van der Waals surface area contributed by atoms with Crippen LogP contribution in [0.5, 0.6) is 0 Å². The number of carbonyl (C=O) groups is 2. The summed E-state index contributed by atoms with van der Waals surface area (Å²) in [5.41, 5.74) is 16.8. The molecule has 0 aromatic heterocycles. The molecule has 1 aromatic carbocycles. The van der Waals surface area contributed by atoms with E-state index in [0.29, 0.717) is 31.5 Å². The highest BCUT2D eigenvalue weighted by molar-refractivity contribution is 5.88. The monoisotopic (exact) mass is 296 g/mol. The van der Waals surface area contributed by atoms with E-state index in [1.807, 2.05) is 0 Å². The first-order valence-electron chi connectivity index (χ1n) is 6.70. The highest BCUT2D eigenvalue weighted by Gasteiger charge is 2.00. The Morgan fingerprint density at radius 3 is 1.71 bits per heavy atom. The maximum atomic E-state index is 10.3. The van der Waals surface area contributed by atoms with Crippen molar-refractivity contribution in [3.8, 4) is 0 Å². The zero-order valence-corrected chi connectivity index (χ0v) is 12.1. The van der Waals surface area contributed by atoms with E-state index < -0.39 is 5.97 Å². The highest BCUT2D eigenvalue weighted by atomic mass is 16.4. The Morgan fingerprint density at radius 2 is 1.43 bits per heavy atom. The summed E-state index contributed by atoms with van der Waals surface area (Å²) in [5, 5.41) is 8.46. The Hall–Kier alpha value is -1.80. The number of carboxylic acids is 1. The molecule has 118 valence electrons. The Bertz CT molecular complexity index is 395. The third-order valence-corrected chi connectivity index (χ3v) is 2.63. The summed E-state index contributed by atoms with van der Waals surface area (Å²) in [6.45, 7) is 4.73. The molecule has 0 radical (unpaired) electrons. The van der Waals surface area contributed by atoms with E-state index in [4.69, 9.17) is 22.3 Å². The van der Waals surface area contributed by atoms with Crippen molar-refractivity contribution in [1.82, 2.24) is 4.90 Å². The average Bonchev–Trinajstić information content (AvgIpc) is 2.49. The van der Waals surface area contributed by atoms with E-state index in [2.05, 4.69) is 4.90 Å². The predicted molar refractivity (Wildman–Crippen MR) is 82.4 cm³/mol. The summed E-state index contributed by atoms with van der Waals surface area (Å²) < 4.78 is 0. The maximum absolute atomic E-state index is 10.3. The summed E-state index contributed by atoms with van der Waals surface area (Å²) in [5.74, 6) is -0.984. The minimum Gasteiger partial charge on any atom is -0.478 e. The van der Waals surface area contributed by atoms with Gasteiger partial charge in [-0.2, -0.15) is 0 Å². The number of carboxylic acid groups (broad SMARTS) is 1. The Labute approximate surface area is 124 Å². The molecule has 0 fully saturated rings. The van der Waals surface area contributed by atoms with Gasteiger partial charge in [0.2, 0.25) is 0 Å². The number of hydrogen-bond acceptors (Lipinski definition) is 6. The molecule has 0 unspecified atom stereocenters. The summed E-state index contributed by atoms with van der Waals surface area (Å²) >= 11 is 0. The molecule has 7 N–H and O–H groups in total. The molecule has 0 heterocycles. The topological polar surface area (TPSA) is 136 Å². The van der Waals surface area contributed by atoms with Crippen LogP contribution in [0.4, 0.5) is 0 Å². The van der Waals surface area contributed by atoms with E-state index in [1.165, 1.54) is 24.3 Å². The summed E-state index contributed by atoms with van der Waals surface area (Å²) in [4.78, 5) is 22.6. The number of nitrogens with two attached hydrogens (primary N) is 3. The predicted octanol–water partition coefficient (Wildman–Crippen LogP) is -0.638. The van der Waals surface area contributed by atoms with Crippen molar-refractivity contribution in [1.29, 1.82) is 0 Å². The van der Waals surface area contributed by atoms with Crippen molar-refractivity contribution in [2.45, 2.75) is 0 Å². The van der Waals surface area contributed by atoms with Gasteiger partial charge < -0.3 is 22.3 Å². The molecule has 0 atom stereocenters. The highest BCUT2D eigenvalue weighted by Crippen LogP contribution is 2.01. The third kappa shape index (κ3) is 8.87. The van der Waals surface area contributed by atoms with Crippen LogP contribution in [-0.2, 0) is 0 Å². The molecular weight excluding hydrogens is 272 g/mol. The van der Waals surface area contributed by atoms with Gasteiger partial charge >= 0.3 is 5.97 Å². The zero-order chi connectivity index (χ0) is 16.1. The van der Waals surface area contributed by atoms with Crippen LogP contribution in [-0.4, -0.2) is 61.5 Å². The molecule has 0 amide bonds. The number of hydrogen-bond donors (Lipinski definition) is 4. The van der Waals surface area contributed by atoms with Crippen LogP contribution in [0.3, 0.4) is 0 Å². The third-order valence-electron chi connectivity index (χ3n) is 2.63. The lowest BCUT2D eigenvalue weighted by atomic mass is 10.1. The first-order valence-corrected chi connectivity index (χ1v) is 6.70. The molecule has 0 aliphatic carbocycles. The first kappa shape index (κ1) is 19.2. The second-order valence-electron chi connectivity index (χ2n) is 4.25. The number of rotatable bonds is 8. The zero-order valence-electron chi connectivity index (χ0n) is 12.1. The van der Waals surface area contributed by atoms with Gasteiger partial charge in [0.15, 0.2) is 0 Å². The molecule has 0 saturated heterocycles. The van der Waals surface area contributed by atoms with Crippen molar-refractivity contribution >= 4 is 12.3 Å². The van der Waals surface area contributed by atoms with Gasteiger partial charge in [-0.1, -0.05) is 12.1 Å². The Kier molecular flexibility index (Phi) is 11.0. The van der Waals surface area contributed by atoms with Crippen LogP contribution < -0.4 is 17.2 Å². The van der Waals surface area contributed by atoms with Gasteiger partial charge in [0.1, 0.15) is 6.29 Å². The fourth-order valence-corrected chi connectivity index (χ4v) is 1.59. The van der Waals surface area contributed by atoms with E-state index in [-0.39, 0.29) is 5.56 Å². The molecule has 7 heteroatoms. The lowest BCUT2D eigenvalue weighted by Gasteiger charge is -2.18. The van der Waals surface area contributed by atoms with Gasteiger partial charge in [-0.25, -0.2) is 4.79 Å². The SMILES string of the molecule is NCCN(CCN)CCN.O=Cc1ccc(C(=O)O)cc1. The normalized spacial score (nSPS) is 9.90. The van der Waals surface area contributed by atoms with Crippen LogP contribution in [0.15, 0.2) is 24.3 Å². The molecule has 0 bridgehead atoms. The van der Waals surface area contributed by atoms with Crippen LogP contribution in [0.25, 0.3) is 0 Å². The van der Waals surface area contributed by atoms with Gasteiger partial charge in [0.25, 0.3) is 0 Å². The van der Waals surface area contributed by atoms with Crippen molar-refractivity contribution in [2.75, 3.05) is 39.3 Å². The van der Waals surface area contributed by atoms with Crippen LogP contribution in [0.1, 0.15) is 20.7 Å². The van der Waals surface area contributed by atoms with Crippen LogP contribution >= 0.6 is 0 Å². The van der Waals surface area contributed by atoms with E-state index in [1.54, 1.807) is 0 Å². The Morgan fingerprint density at radius 1 is 1.00 bits per heavy atom. The Balaban J connectivity index is 0.000000384. The molecule has 7 nitrogen and oxygen atoms in total. The minimum atomic E-state index is -0.984. The summed E-state index contributed by atoms with van der Waals surface area (Å²) in [6, 6.07) is 5.73. The van der Waals surface area contributed by atoms with Gasteiger partial charge in [0.05, 0.1) is 5.56 Å². The second kappa shape index (κ2) is 12.0. The second-order valence-corrected chi connectivity index (χ2v) is 4.25. The lowest BCUT2D eigenvalue weighted by molar-refractivity contribution is 0.0696. The van der Waals surface area contributed by atoms with Crippen molar-refractivity contribution in [2.24, 2.45) is 17.2 Å². The van der Waals surface area contributed by atoms with E-state index >= 15 is 0 Å². The smallest absolute Gasteiger partial charge is 0.335 e. The number of benzene rings is 1. The van der Waals surface area contributed by atoms with Crippen LogP contribution in [0.2, 0.25) is 0 Å². The van der Waals surface area contributed by atoms with Gasteiger partial charge in [-0.3, -0.25) is 9.69 Å². The number of nitrogens with zero attached hydrogens (tertiary/aromatic N) is 1. The molecule has 0 spiro atoms. The molecule has 21 heavy (non-hydrogen) atoms. The van der Waals surface area contributed by atoms with Crippen molar-refractivity contribution < 1.29 is 14.7 Å². The molecule has 0 aliphatic rings. The summed E-state index contributed by atoms with van der Waals surface area (Å²) in [6.07, 6.45) is 0.672. The number of carbonyl (C=O) groups excluding carboxylic acids is 1. The largest absolute Gasteiger partial charge is 0.478 e. The van der Waals surface area contributed by atoms with Gasteiger partial charge in [0, 0.05) is 44.8 Å². The quantitative estimate of drug-likeness (QED) is 0.468. The minimum absolute atomic E-state index is 0.190. The fourth-order valence-electron chi connectivity index (χ4n) is 1.59. The average molecular weight is 296 g/mol. The summed E-state index contributed by atoms with van der Waals surface area (Å²) in [7, 11) is 0.